The van der Waals surface area contributed by atoms with E-state index in [2.05, 4.69) is 43.9 Å². The van der Waals surface area contributed by atoms with Crippen LogP contribution < -0.4 is 4.65 Å². The van der Waals surface area contributed by atoms with E-state index >= 15 is 0 Å². The monoisotopic (exact) mass is 319 g/mol. The topological polar surface area (TPSA) is 12.0 Å². The molecule has 0 aromatic rings. The Hall–Kier alpha value is 1.72. The van der Waals surface area contributed by atoms with Gasteiger partial charge < -0.3 is 4.65 Å². The first-order valence-electron chi connectivity index (χ1n) is 3.50. The minimum absolute atomic E-state index is 0. The Morgan fingerprint density at radius 3 is 0.900 bits per heavy atom. The molecule has 0 heterocycles. The molecule has 0 aromatic heterocycles. The first-order valence-corrected chi connectivity index (χ1v) is 10.5. The molecule has 0 aliphatic carbocycles. The molecule has 0 unspecified atom stereocenters. The fraction of sp³-hybridized carbons (Fsp3) is 1.00. The first kappa shape index (κ1) is 14.3. The summed E-state index contributed by atoms with van der Waals surface area (Å²) in [6.07, 6.45) is 0. The molecular weight excluding hydrogens is 299 g/mol. The second kappa shape index (κ2) is 4.67. The van der Waals surface area contributed by atoms with Gasteiger partial charge in [0.25, 0.3) is 0 Å². The molecule has 0 bridgehead atoms. The minimum Gasteiger partial charge on any atom is -0.360 e. The van der Waals surface area contributed by atoms with E-state index < -0.39 is 16.5 Å². The maximum atomic E-state index is 3.74. The predicted octanol–water partition coefficient (Wildman–Crippen LogP) is 2.25. The van der Waals surface area contributed by atoms with Crippen LogP contribution in [-0.4, -0.2) is 16.5 Å². The summed E-state index contributed by atoms with van der Waals surface area (Å²) in [5.41, 5.74) is 0. The summed E-state index contributed by atoms with van der Waals surface area (Å²) < 4.78 is 3.74. The van der Waals surface area contributed by atoms with Gasteiger partial charge in [0.05, 0.1) is 0 Å². The molecule has 0 saturated heterocycles. The Kier molecular flexibility index (Phi) is 6.66. The van der Waals surface area contributed by atoms with Gasteiger partial charge in [-0.25, -0.2) is 0 Å². The van der Waals surface area contributed by atoms with Crippen molar-refractivity contribution >= 4 is 16.5 Å². The van der Waals surface area contributed by atoms with Crippen molar-refractivity contribution in [3.8, 4) is 0 Å². The zero-order valence-electron chi connectivity index (χ0n) is 7.85. The average Bonchev–Trinajstić information content (AvgIpc) is 1.14. The Bertz CT molecular complexity index is 80.9. The Morgan fingerprint density at radius 2 is 0.900 bits per heavy atom. The summed E-state index contributed by atoms with van der Waals surface area (Å²) in [7, 11) is -1.96. The largest absolute Gasteiger partial charge is 0.360 e. The van der Waals surface area contributed by atoms with Crippen LogP contribution in [0.5, 0.6) is 0 Å². The second-order valence-corrected chi connectivity index (χ2v) is 14.6. The zero-order chi connectivity index (χ0) is 7.71. The van der Waals surface area contributed by atoms with Gasteiger partial charge in [-0.05, 0) is 0 Å². The van der Waals surface area contributed by atoms with Gasteiger partial charge in [0.1, 0.15) is 16.5 Å². The summed E-state index contributed by atoms with van der Waals surface area (Å²) in [6.45, 7) is 14.1. The van der Waals surface area contributed by atoms with Crippen LogP contribution in [0.15, 0.2) is 0 Å². The van der Waals surface area contributed by atoms with Crippen LogP contribution in [0.3, 0.4) is 0 Å². The maximum Gasteiger partial charge on any atom is 0.109 e. The predicted molar refractivity (Wildman–Crippen MR) is 49.8 cm³/mol. The Morgan fingerprint density at radius 1 is 0.700 bits per heavy atom. The summed E-state index contributed by atoms with van der Waals surface area (Å²) in [6, 6.07) is 0. The van der Waals surface area contributed by atoms with E-state index in [4.69, 9.17) is 0 Å². The SMILES string of the molecule is C[Si](C)(C)N[Si](C)(C)C.[Gd]. The number of nitrogens with one attached hydrogen (secondary N) is 1. The van der Waals surface area contributed by atoms with E-state index in [0.717, 1.165) is 0 Å². The number of hydrogen-bond donors (Lipinski definition) is 1. The van der Waals surface area contributed by atoms with E-state index in [1.807, 2.05) is 0 Å². The fourth-order valence-electron chi connectivity index (χ4n) is 1.12. The molecule has 0 atom stereocenters. The average molecular weight is 319 g/mol. The molecule has 0 aromatic carbocycles. The van der Waals surface area contributed by atoms with Crippen molar-refractivity contribution in [2.24, 2.45) is 0 Å². The molecule has 1 nitrogen and oxygen atoms in total. The van der Waals surface area contributed by atoms with E-state index in [1.165, 1.54) is 0 Å². The van der Waals surface area contributed by atoms with Gasteiger partial charge in [0.15, 0.2) is 0 Å². The van der Waals surface area contributed by atoms with Crippen molar-refractivity contribution in [2.75, 3.05) is 0 Å². The van der Waals surface area contributed by atoms with Gasteiger partial charge in [0.2, 0.25) is 0 Å². The van der Waals surface area contributed by atoms with Gasteiger partial charge >= 0.3 is 0 Å². The molecule has 0 radical (unpaired) electrons. The molecule has 0 aliphatic heterocycles. The number of rotatable bonds is 2. The molecule has 1 N–H and O–H groups in total. The third kappa shape index (κ3) is 12.4. The molecule has 0 fully saturated rings. The molecule has 0 saturated carbocycles. The van der Waals surface area contributed by atoms with Gasteiger partial charge in [-0.15, -0.1) is 0 Å². The van der Waals surface area contributed by atoms with Gasteiger partial charge in [-0.1, -0.05) is 39.3 Å². The van der Waals surface area contributed by atoms with Crippen LogP contribution in [-0.2, 0) is 0 Å². The summed E-state index contributed by atoms with van der Waals surface area (Å²) in [5.74, 6) is 0. The van der Waals surface area contributed by atoms with Crippen LogP contribution in [0.1, 0.15) is 0 Å². The van der Waals surface area contributed by atoms with Crippen molar-refractivity contribution in [1.29, 1.82) is 0 Å². The van der Waals surface area contributed by atoms with Gasteiger partial charge in [0, 0.05) is 39.9 Å². The molecule has 10 heavy (non-hydrogen) atoms. The van der Waals surface area contributed by atoms with Crippen molar-refractivity contribution in [3.63, 3.8) is 0 Å². The van der Waals surface area contributed by atoms with Crippen LogP contribution in [0, 0.1) is 39.9 Å². The molecule has 64 valence electrons. The fourth-order valence-corrected chi connectivity index (χ4v) is 10.1. The Balaban J connectivity index is 0. The third-order valence-electron chi connectivity index (χ3n) is 0.750. The van der Waals surface area contributed by atoms with Gasteiger partial charge in [-0.3, -0.25) is 0 Å². The molecule has 0 rings (SSSR count). The number of hydrogen-bond acceptors (Lipinski definition) is 1. The smallest absolute Gasteiger partial charge is 0.109 e. The van der Waals surface area contributed by atoms with E-state index in [0.29, 0.717) is 0 Å². The van der Waals surface area contributed by atoms with Crippen molar-refractivity contribution in [1.82, 2.24) is 4.65 Å². The third-order valence-corrected chi connectivity index (χ3v) is 6.75. The second-order valence-electron chi connectivity index (χ2n) is 4.62. The van der Waals surface area contributed by atoms with Crippen LogP contribution >= 0.6 is 0 Å². The van der Waals surface area contributed by atoms with E-state index in [9.17, 15) is 0 Å². The quantitative estimate of drug-likeness (QED) is 0.770. The first-order chi connectivity index (χ1) is 3.71. The van der Waals surface area contributed by atoms with Crippen molar-refractivity contribution in [3.05, 3.63) is 0 Å². The van der Waals surface area contributed by atoms with Crippen molar-refractivity contribution < 1.29 is 39.9 Å². The van der Waals surface area contributed by atoms with E-state index in [1.54, 1.807) is 0 Å². The van der Waals surface area contributed by atoms with Crippen LogP contribution in [0.2, 0.25) is 39.3 Å². The molecule has 4 heteroatoms. The van der Waals surface area contributed by atoms with Crippen molar-refractivity contribution in [2.45, 2.75) is 39.3 Å². The summed E-state index contributed by atoms with van der Waals surface area (Å²) in [5, 5.41) is 0. The molecule has 0 spiro atoms. The Labute approximate surface area is 99.2 Å². The minimum atomic E-state index is -0.981. The molecule has 0 aliphatic rings. The summed E-state index contributed by atoms with van der Waals surface area (Å²) >= 11 is 0. The van der Waals surface area contributed by atoms with E-state index in [-0.39, 0.29) is 39.9 Å². The standard InChI is InChI=1S/C6H19NSi2.Gd/c1-8(2,3)7-9(4,5)6;/h7H,1-6H3;. The molecule has 0 amide bonds. The normalized spacial score (nSPS) is 12.6. The van der Waals surface area contributed by atoms with Crippen LogP contribution in [0.25, 0.3) is 0 Å². The zero-order valence-corrected chi connectivity index (χ0v) is 12.1. The maximum absolute atomic E-state index is 3.74. The van der Waals surface area contributed by atoms with Gasteiger partial charge in [-0.2, -0.15) is 0 Å². The van der Waals surface area contributed by atoms with Crippen LogP contribution in [0.4, 0.5) is 0 Å². The molecular formula is C6H19GdNSi2. The summed E-state index contributed by atoms with van der Waals surface area (Å²) in [4.78, 5) is 0.